The molecule has 0 heterocycles. The molecule has 0 aromatic rings. The second-order valence-corrected chi connectivity index (χ2v) is 3.38. The molecule has 3 nitrogen and oxygen atoms in total. The molecule has 0 aliphatic heterocycles. The topological polar surface area (TPSA) is 36.1 Å². The molecule has 1 radical (unpaired) electrons. The van der Waals surface area contributed by atoms with Gasteiger partial charge in [-0.1, -0.05) is 0 Å². The summed E-state index contributed by atoms with van der Waals surface area (Å²) in [5, 5.41) is 10.1. The Labute approximate surface area is 75.3 Å². The standard InChI is InChI=1S/C9H20N3/c1-10-8-6-4-5-7-9(8,11-2)12-3/h5,8,10-12H,4,6-7H2,1-3H3. The van der Waals surface area contributed by atoms with Gasteiger partial charge in [0.2, 0.25) is 0 Å². The van der Waals surface area contributed by atoms with Crippen molar-refractivity contribution in [3.8, 4) is 0 Å². The predicted molar refractivity (Wildman–Crippen MR) is 51.8 cm³/mol. The molecule has 71 valence electrons. The van der Waals surface area contributed by atoms with Gasteiger partial charge in [0.15, 0.2) is 0 Å². The maximum absolute atomic E-state index is 3.36. The fraction of sp³-hybridized carbons (Fsp3) is 0.889. The van der Waals surface area contributed by atoms with E-state index in [4.69, 9.17) is 0 Å². The summed E-state index contributed by atoms with van der Waals surface area (Å²) in [7, 11) is 6.05. The molecule has 0 aromatic carbocycles. The third kappa shape index (κ3) is 1.63. The van der Waals surface area contributed by atoms with Crippen LogP contribution in [0.4, 0.5) is 0 Å². The summed E-state index contributed by atoms with van der Waals surface area (Å²) >= 11 is 0. The smallest absolute Gasteiger partial charge is 0.0842 e. The quantitative estimate of drug-likeness (QED) is 0.526. The molecule has 0 amide bonds. The second kappa shape index (κ2) is 4.21. The van der Waals surface area contributed by atoms with Crippen molar-refractivity contribution in [2.45, 2.75) is 31.0 Å². The van der Waals surface area contributed by atoms with Gasteiger partial charge in [-0.15, -0.1) is 0 Å². The van der Waals surface area contributed by atoms with Crippen molar-refractivity contribution < 1.29 is 0 Å². The maximum Gasteiger partial charge on any atom is 0.0842 e. The number of hydrogen-bond donors (Lipinski definition) is 3. The molecule has 1 unspecified atom stereocenters. The maximum atomic E-state index is 3.36. The van der Waals surface area contributed by atoms with Crippen LogP contribution in [0.5, 0.6) is 0 Å². The zero-order valence-electron chi connectivity index (χ0n) is 8.28. The normalized spacial score (nSPS) is 28.8. The van der Waals surface area contributed by atoms with Crippen LogP contribution in [-0.2, 0) is 0 Å². The Kier molecular flexibility index (Phi) is 3.50. The van der Waals surface area contributed by atoms with E-state index in [1.807, 2.05) is 21.1 Å². The first-order valence-electron chi connectivity index (χ1n) is 4.66. The van der Waals surface area contributed by atoms with Gasteiger partial charge >= 0.3 is 0 Å². The third-order valence-corrected chi connectivity index (χ3v) is 2.96. The van der Waals surface area contributed by atoms with Crippen molar-refractivity contribution >= 4 is 0 Å². The highest BCUT2D eigenvalue weighted by Gasteiger charge is 2.36. The Morgan fingerprint density at radius 1 is 1.25 bits per heavy atom. The van der Waals surface area contributed by atoms with Crippen LogP contribution in [0.1, 0.15) is 19.3 Å². The Morgan fingerprint density at radius 3 is 2.33 bits per heavy atom. The molecule has 12 heavy (non-hydrogen) atoms. The molecular formula is C9H20N3. The Bertz CT molecular complexity index is 132. The molecule has 0 aromatic heterocycles. The lowest BCUT2D eigenvalue weighted by Crippen LogP contribution is -2.67. The zero-order chi connectivity index (χ0) is 9.03. The Hall–Kier alpha value is -0.120. The number of hydrogen-bond acceptors (Lipinski definition) is 3. The highest BCUT2D eigenvalue weighted by atomic mass is 15.2. The summed E-state index contributed by atoms with van der Waals surface area (Å²) in [4.78, 5) is 0. The van der Waals surface area contributed by atoms with Gasteiger partial charge in [0.1, 0.15) is 0 Å². The molecule has 1 aliphatic carbocycles. The van der Waals surface area contributed by atoms with Gasteiger partial charge in [0.25, 0.3) is 0 Å². The van der Waals surface area contributed by atoms with Crippen molar-refractivity contribution in [1.82, 2.24) is 16.0 Å². The average molecular weight is 170 g/mol. The number of likely N-dealkylation sites (N-methyl/N-ethyl adjacent to an activating group) is 3. The molecule has 1 rings (SSSR count). The minimum absolute atomic E-state index is 0.0625. The third-order valence-electron chi connectivity index (χ3n) is 2.96. The molecule has 0 saturated heterocycles. The van der Waals surface area contributed by atoms with Gasteiger partial charge in [-0.25, -0.2) is 0 Å². The lowest BCUT2D eigenvalue weighted by atomic mass is 9.84. The summed E-state index contributed by atoms with van der Waals surface area (Å²) < 4.78 is 0. The van der Waals surface area contributed by atoms with Crippen LogP contribution in [0, 0.1) is 6.42 Å². The molecule has 0 spiro atoms. The van der Waals surface area contributed by atoms with E-state index in [-0.39, 0.29) is 5.66 Å². The minimum atomic E-state index is 0.0625. The van der Waals surface area contributed by atoms with E-state index in [1.165, 1.54) is 12.8 Å². The van der Waals surface area contributed by atoms with Gasteiger partial charge in [-0.2, -0.15) is 0 Å². The number of nitrogens with one attached hydrogen (secondary N) is 3. The summed E-state index contributed by atoms with van der Waals surface area (Å²) in [5.41, 5.74) is 0.0625. The number of rotatable bonds is 3. The molecule has 3 N–H and O–H groups in total. The Morgan fingerprint density at radius 2 is 1.92 bits per heavy atom. The van der Waals surface area contributed by atoms with Crippen LogP contribution in [0.25, 0.3) is 0 Å². The molecule has 1 aliphatic rings. The van der Waals surface area contributed by atoms with Gasteiger partial charge in [0.05, 0.1) is 5.66 Å². The van der Waals surface area contributed by atoms with Crippen molar-refractivity contribution in [2.75, 3.05) is 21.1 Å². The van der Waals surface area contributed by atoms with Gasteiger partial charge in [0, 0.05) is 6.04 Å². The van der Waals surface area contributed by atoms with Gasteiger partial charge in [-0.05, 0) is 46.8 Å². The first-order chi connectivity index (χ1) is 5.79. The van der Waals surface area contributed by atoms with Crippen molar-refractivity contribution in [2.24, 2.45) is 0 Å². The van der Waals surface area contributed by atoms with E-state index in [0.717, 1.165) is 6.42 Å². The zero-order valence-corrected chi connectivity index (χ0v) is 8.28. The van der Waals surface area contributed by atoms with Gasteiger partial charge in [-0.3, -0.25) is 0 Å². The van der Waals surface area contributed by atoms with E-state index in [2.05, 4.69) is 22.4 Å². The van der Waals surface area contributed by atoms with E-state index >= 15 is 0 Å². The van der Waals surface area contributed by atoms with E-state index in [0.29, 0.717) is 6.04 Å². The summed E-state index contributed by atoms with van der Waals surface area (Å²) in [5.74, 6) is 0. The fourth-order valence-corrected chi connectivity index (χ4v) is 2.07. The van der Waals surface area contributed by atoms with Crippen LogP contribution in [0.15, 0.2) is 0 Å². The van der Waals surface area contributed by atoms with Crippen LogP contribution in [-0.4, -0.2) is 32.8 Å². The lowest BCUT2D eigenvalue weighted by molar-refractivity contribution is 0.178. The monoisotopic (exact) mass is 170 g/mol. The molecule has 1 atom stereocenters. The van der Waals surface area contributed by atoms with E-state index in [1.54, 1.807) is 0 Å². The van der Waals surface area contributed by atoms with Crippen LogP contribution >= 0.6 is 0 Å². The molecule has 1 saturated carbocycles. The lowest BCUT2D eigenvalue weighted by Gasteiger charge is -2.43. The van der Waals surface area contributed by atoms with E-state index in [9.17, 15) is 0 Å². The summed E-state index contributed by atoms with van der Waals surface area (Å²) in [6.07, 6.45) is 5.86. The first-order valence-corrected chi connectivity index (χ1v) is 4.66. The van der Waals surface area contributed by atoms with Gasteiger partial charge < -0.3 is 16.0 Å². The average Bonchev–Trinajstić information content (AvgIpc) is 2.17. The van der Waals surface area contributed by atoms with Crippen LogP contribution in [0.2, 0.25) is 0 Å². The van der Waals surface area contributed by atoms with Crippen LogP contribution < -0.4 is 16.0 Å². The van der Waals surface area contributed by atoms with Crippen molar-refractivity contribution in [3.63, 3.8) is 0 Å². The summed E-state index contributed by atoms with van der Waals surface area (Å²) in [6, 6.07) is 0.525. The predicted octanol–water partition coefficient (Wildman–Crippen LogP) is 0.0977. The highest BCUT2D eigenvalue weighted by Crippen LogP contribution is 2.24. The van der Waals surface area contributed by atoms with Crippen molar-refractivity contribution in [3.05, 3.63) is 6.42 Å². The SMILES string of the molecule is CNC1CC[CH]CC1(NC)NC. The first kappa shape index (κ1) is 9.96. The second-order valence-electron chi connectivity index (χ2n) is 3.38. The van der Waals surface area contributed by atoms with E-state index < -0.39 is 0 Å². The van der Waals surface area contributed by atoms with Crippen molar-refractivity contribution in [1.29, 1.82) is 0 Å². The Balaban J connectivity index is 2.66. The fourth-order valence-electron chi connectivity index (χ4n) is 2.07. The molecule has 0 bridgehead atoms. The largest absolute Gasteiger partial charge is 0.314 e. The molecular weight excluding hydrogens is 150 g/mol. The molecule has 1 fully saturated rings. The van der Waals surface area contributed by atoms with Crippen LogP contribution in [0.3, 0.4) is 0 Å². The summed E-state index contributed by atoms with van der Waals surface area (Å²) in [6.45, 7) is 0. The molecule has 3 heteroatoms. The minimum Gasteiger partial charge on any atom is -0.314 e. The highest BCUT2D eigenvalue weighted by molar-refractivity contribution is 5.02.